The highest BCUT2D eigenvalue weighted by atomic mass is 16.5. The third-order valence-corrected chi connectivity index (χ3v) is 5.28. The van der Waals surface area contributed by atoms with Gasteiger partial charge in [-0.2, -0.15) is 0 Å². The van der Waals surface area contributed by atoms with Crippen molar-refractivity contribution in [2.45, 2.75) is 6.92 Å². The molecule has 2 aromatic rings. The van der Waals surface area contributed by atoms with Crippen molar-refractivity contribution in [1.29, 1.82) is 0 Å². The second-order valence-electron chi connectivity index (χ2n) is 7.16. The number of benzene rings is 1. The quantitative estimate of drug-likeness (QED) is 0.589. The summed E-state index contributed by atoms with van der Waals surface area (Å²) < 4.78 is 7.35. The minimum Gasteiger partial charge on any atom is -0.495 e. The van der Waals surface area contributed by atoms with Crippen molar-refractivity contribution in [1.82, 2.24) is 9.88 Å². The maximum absolute atomic E-state index is 5.79. The van der Waals surface area contributed by atoms with E-state index in [-0.39, 0.29) is 0 Å². The zero-order chi connectivity index (χ0) is 20.0. The van der Waals surface area contributed by atoms with Gasteiger partial charge in [0.1, 0.15) is 17.3 Å². The lowest BCUT2D eigenvalue weighted by molar-refractivity contribution is 0.317. The van der Waals surface area contributed by atoms with Crippen molar-refractivity contribution in [2.24, 2.45) is 18.0 Å². The van der Waals surface area contributed by atoms with E-state index in [2.05, 4.69) is 48.3 Å². The van der Waals surface area contributed by atoms with Gasteiger partial charge in [-0.1, -0.05) is 30.9 Å². The van der Waals surface area contributed by atoms with Crippen LogP contribution in [0.5, 0.6) is 0 Å². The van der Waals surface area contributed by atoms with Gasteiger partial charge >= 0.3 is 0 Å². The number of aromatic nitrogens is 1. The first-order valence-electron chi connectivity index (χ1n) is 9.12. The highest BCUT2D eigenvalue weighted by Gasteiger charge is 2.39. The molecule has 0 spiro atoms. The third kappa shape index (κ3) is 3.05. The van der Waals surface area contributed by atoms with E-state index in [4.69, 9.17) is 15.5 Å². The van der Waals surface area contributed by atoms with E-state index in [1.54, 1.807) is 7.11 Å². The normalized spacial score (nSPS) is 17.5. The minimum atomic E-state index is 0.313. The molecule has 1 unspecified atom stereocenters. The predicted molar refractivity (Wildman–Crippen MR) is 115 cm³/mol. The monoisotopic (exact) mass is 372 g/mol. The minimum absolute atomic E-state index is 0.313. The van der Waals surface area contributed by atoms with Crippen LogP contribution < -0.4 is 11.1 Å². The molecule has 1 atom stereocenters. The van der Waals surface area contributed by atoms with Crippen molar-refractivity contribution >= 4 is 17.1 Å². The molecular weight excluding hydrogens is 348 g/mol. The Kier molecular flexibility index (Phi) is 4.23. The highest BCUT2D eigenvalue weighted by Crippen LogP contribution is 2.45. The molecule has 0 bridgehead atoms. The first-order valence-corrected chi connectivity index (χ1v) is 9.12. The van der Waals surface area contributed by atoms with Gasteiger partial charge in [-0.25, -0.2) is 4.99 Å². The van der Waals surface area contributed by atoms with Crippen molar-refractivity contribution in [2.75, 3.05) is 12.8 Å². The number of nitrogens with one attached hydrogen (secondary N) is 1. The second-order valence-corrected chi connectivity index (χ2v) is 7.16. The smallest absolute Gasteiger partial charge is 0.137 e. The summed E-state index contributed by atoms with van der Waals surface area (Å²) in [7, 11) is 3.62. The number of nitrogens with two attached hydrogens (primary N) is 1. The van der Waals surface area contributed by atoms with Crippen LogP contribution in [0.2, 0.25) is 0 Å². The Bertz CT molecular complexity index is 1080. The Balaban J connectivity index is 1.56. The zero-order valence-electron chi connectivity index (χ0n) is 16.4. The highest BCUT2D eigenvalue weighted by molar-refractivity contribution is 6.16. The zero-order valence-corrected chi connectivity index (χ0v) is 16.4. The summed E-state index contributed by atoms with van der Waals surface area (Å²) in [6, 6.07) is 9.95. The standard InChI is InChI=1S/C23H24N4O/c1-13-19-11-21(26-23(22(13)19)15(3)28-5)25-14(2)20-10-17(12-27(20)4)16-6-8-18(24)9-7-16/h6-12,19,25H,2-3,24H2,1,4-5H3. The van der Waals surface area contributed by atoms with Crippen molar-refractivity contribution in [3.8, 4) is 11.1 Å². The molecule has 1 aliphatic carbocycles. The van der Waals surface area contributed by atoms with E-state index in [0.717, 1.165) is 39.7 Å². The molecule has 2 aliphatic rings. The molecule has 0 saturated heterocycles. The largest absolute Gasteiger partial charge is 0.495 e. The molecule has 4 rings (SSSR count). The van der Waals surface area contributed by atoms with E-state index in [1.165, 1.54) is 11.1 Å². The van der Waals surface area contributed by atoms with E-state index in [9.17, 15) is 0 Å². The predicted octanol–water partition coefficient (Wildman–Crippen LogP) is 4.24. The number of ether oxygens (including phenoxy) is 1. The van der Waals surface area contributed by atoms with Gasteiger partial charge in [0.15, 0.2) is 0 Å². The number of hydrogen-bond acceptors (Lipinski definition) is 4. The van der Waals surface area contributed by atoms with E-state index in [1.807, 2.05) is 31.3 Å². The van der Waals surface area contributed by atoms with Crippen LogP contribution in [0.3, 0.4) is 0 Å². The Hall–Kier alpha value is -3.47. The molecule has 28 heavy (non-hydrogen) atoms. The number of nitrogens with zero attached hydrogens (tertiary/aromatic N) is 2. The number of hydrogen-bond donors (Lipinski definition) is 2. The number of methoxy groups -OCH3 is 1. The van der Waals surface area contributed by atoms with E-state index in [0.29, 0.717) is 11.7 Å². The van der Waals surface area contributed by atoms with Crippen LogP contribution in [0, 0.1) is 5.92 Å². The molecule has 0 radical (unpaired) electrons. The molecule has 5 heteroatoms. The van der Waals surface area contributed by atoms with E-state index >= 15 is 0 Å². The summed E-state index contributed by atoms with van der Waals surface area (Å²) in [5, 5.41) is 3.35. The molecule has 5 nitrogen and oxygen atoms in total. The molecule has 142 valence electrons. The second kappa shape index (κ2) is 6.60. The molecule has 1 aromatic carbocycles. The first-order chi connectivity index (χ1) is 13.4. The van der Waals surface area contributed by atoms with Crippen molar-refractivity contribution in [3.63, 3.8) is 0 Å². The Morgan fingerprint density at radius 2 is 1.93 bits per heavy atom. The Labute approximate surface area is 165 Å². The SMILES string of the molecule is C=C(OC)C1=NC(NC(=C)c2cc(-c3ccc(N)cc3)cn2C)=CC2C(C)=C12. The molecule has 0 fully saturated rings. The van der Waals surface area contributed by atoms with E-state index < -0.39 is 0 Å². The molecule has 2 heterocycles. The van der Waals surface area contributed by atoms with Gasteiger partial charge in [-0.05, 0) is 42.3 Å². The fourth-order valence-electron chi connectivity index (χ4n) is 3.57. The summed E-state index contributed by atoms with van der Waals surface area (Å²) in [6.07, 6.45) is 4.20. The van der Waals surface area contributed by atoms with Crippen LogP contribution >= 0.6 is 0 Å². The number of allylic oxidation sites excluding steroid dienone is 3. The van der Waals surface area contributed by atoms with Crippen LogP contribution in [-0.2, 0) is 11.8 Å². The lowest BCUT2D eigenvalue weighted by Crippen LogP contribution is -2.17. The summed E-state index contributed by atoms with van der Waals surface area (Å²) in [4.78, 5) is 4.70. The lowest BCUT2D eigenvalue weighted by atomic mass is 10.1. The van der Waals surface area contributed by atoms with Gasteiger partial charge in [0.25, 0.3) is 0 Å². The molecule has 0 saturated carbocycles. The lowest BCUT2D eigenvalue weighted by Gasteiger charge is -2.16. The van der Waals surface area contributed by atoms with Crippen LogP contribution in [0.1, 0.15) is 12.6 Å². The fraction of sp³-hybridized carbons (Fsp3) is 0.174. The number of nitrogen functional groups attached to an aromatic ring is 1. The van der Waals surface area contributed by atoms with Gasteiger partial charge in [-0.3, -0.25) is 0 Å². The number of fused-ring (bicyclic) bond motifs is 1. The first kappa shape index (κ1) is 17.9. The van der Waals surface area contributed by atoms with Gasteiger partial charge in [0.2, 0.25) is 0 Å². The van der Waals surface area contributed by atoms with Crippen LogP contribution in [0.25, 0.3) is 16.8 Å². The van der Waals surface area contributed by atoms with Crippen molar-refractivity contribution in [3.05, 3.63) is 84.2 Å². The number of anilines is 1. The van der Waals surface area contributed by atoms with Crippen LogP contribution in [0.4, 0.5) is 5.69 Å². The number of aliphatic imine (C=N–C) groups is 1. The number of rotatable bonds is 6. The van der Waals surface area contributed by atoms with Gasteiger partial charge < -0.3 is 20.4 Å². The summed E-state index contributed by atoms with van der Waals surface area (Å²) in [6.45, 7) is 10.3. The molecule has 0 amide bonds. The molecule has 3 N–H and O–H groups in total. The van der Waals surface area contributed by atoms with Crippen LogP contribution in [-0.4, -0.2) is 17.4 Å². The summed E-state index contributed by atoms with van der Waals surface area (Å²) in [5.74, 6) is 1.66. The topological polar surface area (TPSA) is 64.6 Å². The molecular formula is C23H24N4O. The van der Waals surface area contributed by atoms with Gasteiger partial charge in [0.05, 0.1) is 18.5 Å². The maximum Gasteiger partial charge on any atom is 0.137 e. The fourth-order valence-corrected chi connectivity index (χ4v) is 3.57. The Morgan fingerprint density at radius 1 is 1.21 bits per heavy atom. The van der Waals surface area contributed by atoms with Crippen LogP contribution in [0.15, 0.2) is 83.5 Å². The Morgan fingerprint density at radius 3 is 2.61 bits per heavy atom. The molecule has 1 aliphatic heterocycles. The number of aryl methyl sites for hydroxylation is 1. The van der Waals surface area contributed by atoms with Gasteiger partial charge in [0, 0.05) is 30.4 Å². The third-order valence-electron chi connectivity index (χ3n) is 5.28. The average Bonchev–Trinajstić information content (AvgIpc) is 3.15. The van der Waals surface area contributed by atoms with Crippen molar-refractivity contribution < 1.29 is 4.74 Å². The summed E-state index contributed by atoms with van der Waals surface area (Å²) in [5.41, 5.74) is 13.9. The summed E-state index contributed by atoms with van der Waals surface area (Å²) >= 11 is 0. The maximum atomic E-state index is 5.79. The van der Waals surface area contributed by atoms with Gasteiger partial charge in [-0.15, -0.1) is 0 Å². The molecule has 1 aromatic heterocycles. The average molecular weight is 372 g/mol.